The van der Waals surface area contributed by atoms with Crippen molar-refractivity contribution in [3.63, 3.8) is 0 Å². The Morgan fingerprint density at radius 1 is 1.45 bits per heavy atom. The summed E-state index contributed by atoms with van der Waals surface area (Å²) in [5, 5.41) is 9.62. The molecule has 0 aliphatic rings. The summed E-state index contributed by atoms with van der Waals surface area (Å²) >= 11 is 0. The van der Waals surface area contributed by atoms with Crippen LogP contribution in [0.3, 0.4) is 0 Å². The van der Waals surface area contributed by atoms with Crippen LogP contribution in [0.4, 0.5) is 0 Å². The molecule has 1 unspecified atom stereocenters. The molecule has 0 radical (unpaired) electrons. The fourth-order valence-electron chi connectivity index (χ4n) is 0.933. The van der Waals surface area contributed by atoms with Crippen molar-refractivity contribution in [2.45, 2.75) is 45.6 Å². The molecule has 0 aromatic rings. The molecule has 0 bridgehead atoms. The van der Waals surface area contributed by atoms with Crippen molar-refractivity contribution >= 4 is 8.07 Å². The maximum atomic E-state index is 9.62. The second kappa shape index (κ2) is 4.07. The predicted molar refractivity (Wildman–Crippen MR) is 53.6 cm³/mol. The number of aliphatic hydroxyl groups is 1. The lowest BCUT2D eigenvalue weighted by molar-refractivity contribution is 0.229. The van der Waals surface area contributed by atoms with Crippen LogP contribution in [-0.2, 0) is 0 Å². The molecule has 66 valence electrons. The molecule has 0 amide bonds. The number of rotatable bonds is 3. The van der Waals surface area contributed by atoms with E-state index < -0.39 is 8.07 Å². The van der Waals surface area contributed by atoms with Crippen molar-refractivity contribution in [1.29, 1.82) is 0 Å². The van der Waals surface area contributed by atoms with Gasteiger partial charge in [-0.2, -0.15) is 0 Å². The van der Waals surface area contributed by atoms with E-state index in [1.165, 1.54) is 0 Å². The molecule has 1 atom stereocenters. The van der Waals surface area contributed by atoms with E-state index in [9.17, 15) is 5.11 Å². The summed E-state index contributed by atoms with van der Waals surface area (Å²) in [4.78, 5) is 0. The quantitative estimate of drug-likeness (QED) is 0.512. The van der Waals surface area contributed by atoms with Crippen LogP contribution in [-0.4, -0.2) is 19.3 Å². The Bertz CT molecular complexity index is 144. The molecule has 11 heavy (non-hydrogen) atoms. The summed E-state index contributed by atoms with van der Waals surface area (Å²) in [5.74, 6) is 0. The third-order valence-electron chi connectivity index (χ3n) is 1.79. The molecule has 0 aliphatic heterocycles. The smallest absolute Gasteiger partial charge is 0.0723 e. The molecule has 0 saturated heterocycles. The zero-order valence-corrected chi connectivity index (χ0v) is 9.31. The lowest BCUT2D eigenvalue weighted by Gasteiger charge is -2.20. The van der Waals surface area contributed by atoms with E-state index in [4.69, 9.17) is 0 Å². The van der Waals surface area contributed by atoms with Crippen molar-refractivity contribution in [2.75, 3.05) is 0 Å². The monoisotopic (exact) mass is 172 g/mol. The minimum atomic E-state index is -1.09. The van der Waals surface area contributed by atoms with Gasteiger partial charge in [0.25, 0.3) is 0 Å². The van der Waals surface area contributed by atoms with E-state index in [-0.39, 0.29) is 6.10 Å². The molecule has 0 fully saturated rings. The zero-order valence-electron chi connectivity index (χ0n) is 8.31. The highest BCUT2D eigenvalue weighted by Crippen LogP contribution is 2.16. The van der Waals surface area contributed by atoms with E-state index in [2.05, 4.69) is 19.6 Å². The summed E-state index contributed by atoms with van der Waals surface area (Å²) in [5.41, 5.74) is 1.10. The van der Waals surface area contributed by atoms with Crippen molar-refractivity contribution in [1.82, 2.24) is 0 Å². The van der Waals surface area contributed by atoms with Gasteiger partial charge in [-0.15, -0.1) is 0 Å². The molecule has 0 saturated carbocycles. The summed E-state index contributed by atoms with van der Waals surface area (Å²) in [6.45, 7) is 10.8. The van der Waals surface area contributed by atoms with E-state index in [0.29, 0.717) is 0 Å². The molecule has 0 rings (SSSR count). The number of hydrogen-bond acceptors (Lipinski definition) is 1. The van der Waals surface area contributed by atoms with Gasteiger partial charge in [-0.3, -0.25) is 0 Å². The highest BCUT2D eigenvalue weighted by Gasteiger charge is 2.18. The first-order valence-electron chi connectivity index (χ1n) is 4.17. The van der Waals surface area contributed by atoms with E-state index in [1.807, 2.05) is 19.9 Å². The largest absolute Gasteiger partial charge is 0.389 e. The first kappa shape index (κ1) is 10.9. The Morgan fingerprint density at radius 2 is 1.91 bits per heavy atom. The Morgan fingerprint density at radius 3 is 2.18 bits per heavy atom. The Kier molecular flexibility index (Phi) is 4.04. The number of hydrogen-bond donors (Lipinski definition) is 1. The van der Waals surface area contributed by atoms with Gasteiger partial charge in [-0.1, -0.05) is 25.7 Å². The molecule has 0 aromatic carbocycles. The number of allylic oxidation sites excluding steroid dienone is 1. The molecule has 0 aliphatic carbocycles. The first-order chi connectivity index (χ1) is 4.87. The van der Waals surface area contributed by atoms with E-state index in [0.717, 1.165) is 11.6 Å². The van der Waals surface area contributed by atoms with Crippen molar-refractivity contribution in [2.24, 2.45) is 0 Å². The molecule has 1 N–H and O–H groups in total. The summed E-state index contributed by atoms with van der Waals surface area (Å²) in [6, 6.07) is 0.975. The average molecular weight is 172 g/mol. The first-order valence-corrected chi connectivity index (χ1v) is 7.88. The SMILES string of the molecule is C/C=C(/C)C(O)C[Si](C)(C)C. The average Bonchev–Trinajstić information content (AvgIpc) is 1.82. The zero-order chi connectivity index (χ0) is 9.07. The van der Waals surface area contributed by atoms with Crippen molar-refractivity contribution in [3.8, 4) is 0 Å². The van der Waals surface area contributed by atoms with Gasteiger partial charge in [0.1, 0.15) is 0 Å². The van der Waals surface area contributed by atoms with Gasteiger partial charge in [0.15, 0.2) is 0 Å². The van der Waals surface area contributed by atoms with Crippen LogP contribution in [0, 0.1) is 0 Å². The third kappa shape index (κ3) is 5.22. The number of aliphatic hydroxyl groups excluding tert-OH is 1. The van der Waals surface area contributed by atoms with Gasteiger partial charge >= 0.3 is 0 Å². The maximum Gasteiger partial charge on any atom is 0.0723 e. The van der Waals surface area contributed by atoms with Gasteiger partial charge in [0.05, 0.1) is 6.10 Å². The minimum absolute atomic E-state index is 0.202. The second-order valence-corrected chi connectivity index (χ2v) is 9.84. The molecule has 0 aromatic heterocycles. The summed E-state index contributed by atoms with van der Waals surface area (Å²) in [6.07, 6.45) is 1.79. The molecular formula is C9H20OSi. The maximum absolute atomic E-state index is 9.62. The van der Waals surface area contributed by atoms with Crippen LogP contribution in [0.15, 0.2) is 11.6 Å². The van der Waals surface area contributed by atoms with Crippen LogP contribution >= 0.6 is 0 Å². The van der Waals surface area contributed by atoms with Gasteiger partial charge < -0.3 is 5.11 Å². The van der Waals surface area contributed by atoms with Crippen LogP contribution in [0.2, 0.25) is 25.7 Å². The molecule has 2 heteroatoms. The fraction of sp³-hybridized carbons (Fsp3) is 0.778. The topological polar surface area (TPSA) is 20.2 Å². The Hall–Kier alpha value is -0.0831. The normalized spacial score (nSPS) is 16.7. The highest BCUT2D eigenvalue weighted by molar-refractivity contribution is 6.76. The van der Waals surface area contributed by atoms with Crippen molar-refractivity contribution < 1.29 is 5.11 Å². The van der Waals surface area contributed by atoms with Crippen LogP contribution < -0.4 is 0 Å². The minimum Gasteiger partial charge on any atom is -0.389 e. The standard InChI is InChI=1S/C9H20OSi/c1-6-8(2)9(10)7-11(3,4)5/h6,9-10H,7H2,1-5H3/b8-6-. The lowest BCUT2D eigenvalue weighted by Crippen LogP contribution is -2.27. The van der Waals surface area contributed by atoms with Crippen molar-refractivity contribution in [3.05, 3.63) is 11.6 Å². The summed E-state index contributed by atoms with van der Waals surface area (Å²) in [7, 11) is -1.09. The van der Waals surface area contributed by atoms with Gasteiger partial charge in [0, 0.05) is 8.07 Å². The van der Waals surface area contributed by atoms with Gasteiger partial charge in [-0.25, -0.2) is 0 Å². The van der Waals surface area contributed by atoms with Crippen LogP contribution in [0.25, 0.3) is 0 Å². The molecule has 0 heterocycles. The van der Waals surface area contributed by atoms with Crippen LogP contribution in [0.1, 0.15) is 13.8 Å². The van der Waals surface area contributed by atoms with Gasteiger partial charge in [-0.05, 0) is 25.5 Å². The van der Waals surface area contributed by atoms with Crippen LogP contribution in [0.5, 0.6) is 0 Å². The Balaban J connectivity index is 3.98. The summed E-state index contributed by atoms with van der Waals surface area (Å²) < 4.78 is 0. The van der Waals surface area contributed by atoms with E-state index >= 15 is 0 Å². The third-order valence-corrected chi connectivity index (χ3v) is 3.40. The molecular weight excluding hydrogens is 152 g/mol. The second-order valence-electron chi connectivity index (χ2n) is 4.31. The lowest BCUT2D eigenvalue weighted by atomic mass is 10.2. The highest BCUT2D eigenvalue weighted by atomic mass is 28.3. The van der Waals surface area contributed by atoms with E-state index in [1.54, 1.807) is 0 Å². The van der Waals surface area contributed by atoms with Gasteiger partial charge in [0.2, 0.25) is 0 Å². The predicted octanol–water partition coefficient (Wildman–Crippen LogP) is 2.65. The Labute approximate surface area is 71.1 Å². The molecule has 0 spiro atoms. The molecule has 1 nitrogen and oxygen atoms in total. The fourth-order valence-corrected chi connectivity index (χ4v) is 2.42.